The highest BCUT2D eigenvalue weighted by molar-refractivity contribution is 6.60. The summed E-state index contributed by atoms with van der Waals surface area (Å²) in [6, 6.07) is -6.05. The van der Waals surface area contributed by atoms with Gasteiger partial charge in [-0.1, -0.05) is 58.0 Å². The van der Waals surface area contributed by atoms with E-state index in [9.17, 15) is 39.9 Å². The average Bonchev–Trinajstić information content (AvgIpc) is 2.54. The van der Waals surface area contributed by atoms with Crippen molar-refractivity contribution in [3.63, 3.8) is 0 Å². The fourth-order valence-corrected chi connectivity index (χ4v) is 3.24. The van der Waals surface area contributed by atoms with Crippen LogP contribution >= 0.6 is 58.0 Å². The standard InChI is InChI=1S/C12Cl5F8NO/c13-2-1(3(14)5(16)6(17)4(2)15)7(27)8-9(18,19)10(20,21)11(22,23)12(24,25)26-8. The normalized spacial score (nSPS) is 22.3. The molecule has 0 amide bonds. The van der Waals surface area contributed by atoms with Crippen molar-refractivity contribution >= 4 is 69.5 Å². The molecular formula is C12Cl5F8NO. The van der Waals surface area contributed by atoms with Crippen LogP contribution in [-0.4, -0.2) is 35.3 Å². The van der Waals surface area contributed by atoms with Crippen molar-refractivity contribution in [1.29, 1.82) is 0 Å². The average molecular weight is 503 g/mol. The van der Waals surface area contributed by atoms with Crippen LogP contribution in [0.3, 0.4) is 0 Å². The van der Waals surface area contributed by atoms with Gasteiger partial charge in [-0.25, -0.2) is 4.99 Å². The first-order valence-corrected chi connectivity index (χ1v) is 8.00. The van der Waals surface area contributed by atoms with Gasteiger partial charge >= 0.3 is 23.8 Å². The van der Waals surface area contributed by atoms with Crippen LogP contribution in [0.4, 0.5) is 35.1 Å². The highest BCUT2D eigenvalue weighted by Gasteiger charge is 2.86. The summed E-state index contributed by atoms with van der Waals surface area (Å²) in [6.07, 6.45) is 0. The largest absolute Gasteiger partial charge is 0.412 e. The van der Waals surface area contributed by atoms with Gasteiger partial charge in [-0.2, -0.15) is 35.1 Å². The molecule has 1 aliphatic rings. The minimum Gasteiger partial charge on any atom is -0.287 e. The second-order valence-electron chi connectivity index (χ2n) is 5.00. The molecule has 1 heterocycles. The molecule has 0 saturated heterocycles. The second-order valence-corrected chi connectivity index (χ2v) is 6.89. The van der Waals surface area contributed by atoms with Gasteiger partial charge in [-0.15, -0.1) is 0 Å². The van der Waals surface area contributed by atoms with Crippen LogP contribution in [-0.2, 0) is 0 Å². The predicted molar refractivity (Wildman–Crippen MR) is 83.0 cm³/mol. The number of hydrogen-bond donors (Lipinski definition) is 0. The molecule has 0 atom stereocenters. The van der Waals surface area contributed by atoms with Crippen molar-refractivity contribution in [2.45, 2.75) is 23.8 Å². The Hall–Kier alpha value is -0.550. The van der Waals surface area contributed by atoms with Gasteiger partial charge < -0.3 is 0 Å². The molecule has 1 aromatic rings. The van der Waals surface area contributed by atoms with Gasteiger partial charge in [0.25, 0.3) is 0 Å². The number of hydrogen-bond acceptors (Lipinski definition) is 2. The van der Waals surface area contributed by atoms with E-state index in [1.165, 1.54) is 0 Å². The van der Waals surface area contributed by atoms with Crippen LogP contribution in [0, 0.1) is 0 Å². The Morgan fingerprint density at radius 2 is 1.04 bits per heavy atom. The molecule has 0 bridgehead atoms. The third-order valence-corrected chi connectivity index (χ3v) is 5.64. The summed E-state index contributed by atoms with van der Waals surface area (Å²) >= 11 is 27.9. The van der Waals surface area contributed by atoms with Crippen molar-refractivity contribution in [1.82, 2.24) is 0 Å². The predicted octanol–water partition coefficient (Wildman–Crippen LogP) is 7.09. The van der Waals surface area contributed by atoms with Crippen LogP contribution < -0.4 is 0 Å². The molecule has 2 rings (SSSR count). The molecule has 1 aliphatic heterocycles. The van der Waals surface area contributed by atoms with Crippen molar-refractivity contribution in [2.24, 2.45) is 4.99 Å². The number of carbonyl (C=O) groups is 1. The van der Waals surface area contributed by atoms with E-state index in [4.69, 9.17) is 58.0 Å². The van der Waals surface area contributed by atoms with E-state index in [1.54, 1.807) is 4.99 Å². The molecule has 0 saturated carbocycles. The maximum atomic E-state index is 13.9. The number of ketones is 1. The number of halogens is 13. The van der Waals surface area contributed by atoms with Crippen LogP contribution in [0.5, 0.6) is 0 Å². The van der Waals surface area contributed by atoms with Crippen LogP contribution in [0.25, 0.3) is 0 Å². The van der Waals surface area contributed by atoms with Crippen molar-refractivity contribution < 1.29 is 39.9 Å². The summed E-state index contributed by atoms with van der Waals surface area (Å²) in [6.45, 7) is 0. The topological polar surface area (TPSA) is 29.4 Å². The molecule has 0 spiro atoms. The molecule has 1 aromatic carbocycles. The summed E-state index contributed by atoms with van der Waals surface area (Å²) in [5.74, 6) is -21.8. The molecule has 0 aromatic heterocycles. The monoisotopic (exact) mass is 501 g/mol. The minimum atomic E-state index is -6.69. The van der Waals surface area contributed by atoms with E-state index >= 15 is 0 Å². The summed E-state index contributed by atoms with van der Waals surface area (Å²) < 4.78 is 108. The number of Topliss-reactive ketones (excluding diaryl/α,β-unsaturated/α-hetero) is 1. The highest BCUT2D eigenvalue weighted by Crippen LogP contribution is 2.57. The van der Waals surface area contributed by atoms with Crippen LogP contribution in [0.15, 0.2) is 4.99 Å². The zero-order valence-electron chi connectivity index (χ0n) is 11.8. The van der Waals surface area contributed by atoms with Crippen molar-refractivity contribution in [3.8, 4) is 0 Å². The summed E-state index contributed by atoms with van der Waals surface area (Å²) in [4.78, 5) is 13.8. The Balaban J connectivity index is 2.83. The Kier molecular flexibility index (Phi) is 5.46. The van der Waals surface area contributed by atoms with Gasteiger partial charge in [-0.05, 0) is 0 Å². The van der Waals surface area contributed by atoms with E-state index in [0.717, 1.165) is 0 Å². The summed E-state index contributed by atoms with van der Waals surface area (Å²) in [5.41, 5.74) is -4.27. The Bertz CT molecular complexity index is 856. The molecule has 0 radical (unpaired) electrons. The molecule has 0 fully saturated rings. The fraction of sp³-hybridized carbons (Fsp3) is 0.333. The Labute approximate surface area is 169 Å². The number of carbonyl (C=O) groups excluding carboxylic acids is 1. The van der Waals surface area contributed by atoms with Crippen LogP contribution in [0.2, 0.25) is 25.1 Å². The fourth-order valence-electron chi connectivity index (χ4n) is 1.93. The van der Waals surface area contributed by atoms with Gasteiger partial charge in [0.15, 0.2) is 5.71 Å². The highest BCUT2D eigenvalue weighted by atomic mass is 35.5. The molecule has 150 valence electrons. The van der Waals surface area contributed by atoms with Gasteiger partial charge in [0.05, 0.1) is 30.7 Å². The molecule has 2 nitrogen and oxygen atoms in total. The number of nitrogens with zero attached hydrogens (tertiary/aromatic N) is 1. The lowest BCUT2D eigenvalue weighted by Crippen LogP contribution is -2.69. The first-order valence-electron chi connectivity index (χ1n) is 6.11. The van der Waals surface area contributed by atoms with Crippen molar-refractivity contribution in [3.05, 3.63) is 30.7 Å². The Morgan fingerprint density at radius 3 is 1.44 bits per heavy atom. The molecule has 0 N–H and O–H groups in total. The summed E-state index contributed by atoms with van der Waals surface area (Å²) in [7, 11) is 0. The second kappa shape index (κ2) is 6.48. The van der Waals surface area contributed by atoms with E-state index < -0.39 is 66.0 Å². The zero-order valence-corrected chi connectivity index (χ0v) is 15.5. The van der Waals surface area contributed by atoms with Gasteiger partial charge in [0.1, 0.15) is 0 Å². The Morgan fingerprint density at radius 1 is 0.667 bits per heavy atom. The smallest absolute Gasteiger partial charge is 0.287 e. The molecule has 0 unspecified atom stereocenters. The SMILES string of the molecule is O=C(C1=NC(F)(F)C(F)(F)C(F)(F)C1(F)F)c1c(Cl)c(Cl)c(Cl)c(Cl)c1Cl. The lowest BCUT2D eigenvalue weighted by molar-refractivity contribution is -0.357. The maximum absolute atomic E-state index is 13.9. The van der Waals surface area contributed by atoms with E-state index in [2.05, 4.69) is 0 Å². The number of rotatable bonds is 2. The third kappa shape index (κ3) is 2.90. The van der Waals surface area contributed by atoms with Gasteiger partial charge in [-0.3, -0.25) is 4.79 Å². The number of benzene rings is 1. The number of aliphatic imine (C=N–C) groups is 1. The van der Waals surface area contributed by atoms with E-state index in [-0.39, 0.29) is 0 Å². The first-order chi connectivity index (χ1) is 11.9. The maximum Gasteiger partial charge on any atom is 0.412 e. The first kappa shape index (κ1) is 22.7. The lowest BCUT2D eigenvalue weighted by atomic mass is 9.90. The molecular weight excluding hydrogens is 503 g/mol. The minimum absolute atomic E-state index is 0.579. The molecule has 0 aliphatic carbocycles. The lowest BCUT2D eigenvalue weighted by Gasteiger charge is -2.39. The summed E-state index contributed by atoms with van der Waals surface area (Å²) in [5, 5.41) is -4.16. The molecule has 27 heavy (non-hydrogen) atoms. The van der Waals surface area contributed by atoms with E-state index in [0.29, 0.717) is 0 Å². The molecule has 15 heteroatoms. The van der Waals surface area contributed by atoms with Gasteiger partial charge in [0, 0.05) is 0 Å². The zero-order chi connectivity index (χ0) is 21.3. The van der Waals surface area contributed by atoms with Crippen LogP contribution in [0.1, 0.15) is 10.4 Å². The van der Waals surface area contributed by atoms with Crippen molar-refractivity contribution in [2.75, 3.05) is 0 Å². The number of alkyl halides is 8. The quantitative estimate of drug-likeness (QED) is 0.139. The van der Waals surface area contributed by atoms with Gasteiger partial charge in [0.2, 0.25) is 5.78 Å². The van der Waals surface area contributed by atoms with E-state index in [1.807, 2.05) is 0 Å². The third-order valence-electron chi connectivity index (χ3n) is 3.37.